The zero-order valence-corrected chi connectivity index (χ0v) is 4.65. The Hall–Kier alpha value is 0.210. The van der Waals surface area contributed by atoms with Crippen LogP contribution in [0.4, 0.5) is 0 Å². The first-order valence-corrected chi connectivity index (χ1v) is 2.75. The Kier molecular flexibility index (Phi) is 1.91. The molecule has 0 bridgehead atoms. The standard InChI is InChI=1S/C4H7ClO2/c5-4-2-1-3-6-7-4/h4H,1-3H2. The number of alkyl halides is 1. The summed E-state index contributed by atoms with van der Waals surface area (Å²) in [5.41, 5.74) is -0.214. The van der Waals surface area contributed by atoms with E-state index in [-0.39, 0.29) is 5.56 Å². The van der Waals surface area contributed by atoms with E-state index < -0.39 is 0 Å². The van der Waals surface area contributed by atoms with Crippen LogP contribution < -0.4 is 0 Å². The molecule has 0 aromatic heterocycles. The molecule has 0 aromatic rings. The Labute approximate surface area is 47.3 Å². The SMILES string of the molecule is ClC1CCCOO1. The van der Waals surface area contributed by atoms with Crippen molar-refractivity contribution >= 4 is 11.6 Å². The summed E-state index contributed by atoms with van der Waals surface area (Å²) >= 11 is 5.47. The molecular weight excluding hydrogens is 115 g/mol. The molecule has 0 N–H and O–H groups in total. The molecule has 42 valence electrons. The number of rotatable bonds is 0. The smallest absolute Gasteiger partial charge is 0.166 e. The fourth-order valence-corrected chi connectivity index (χ4v) is 0.679. The normalized spacial score (nSPS) is 33.0. The second-order valence-corrected chi connectivity index (χ2v) is 1.96. The van der Waals surface area contributed by atoms with Crippen LogP contribution in [0.2, 0.25) is 0 Å². The molecule has 3 heteroatoms. The highest BCUT2D eigenvalue weighted by Crippen LogP contribution is 2.12. The van der Waals surface area contributed by atoms with Gasteiger partial charge in [0.05, 0.1) is 6.61 Å². The van der Waals surface area contributed by atoms with E-state index in [2.05, 4.69) is 9.78 Å². The van der Waals surface area contributed by atoms with E-state index in [1.165, 1.54) is 0 Å². The maximum atomic E-state index is 5.47. The van der Waals surface area contributed by atoms with Crippen LogP contribution >= 0.6 is 11.6 Å². The Bertz CT molecular complexity index is 51.7. The Morgan fingerprint density at radius 2 is 2.43 bits per heavy atom. The molecule has 0 amide bonds. The van der Waals surface area contributed by atoms with Crippen LogP contribution in [0.1, 0.15) is 12.8 Å². The topological polar surface area (TPSA) is 18.5 Å². The van der Waals surface area contributed by atoms with Crippen molar-refractivity contribution in [1.82, 2.24) is 0 Å². The summed E-state index contributed by atoms with van der Waals surface area (Å²) in [5.74, 6) is 0. The number of hydrogen-bond donors (Lipinski definition) is 0. The number of halogens is 1. The minimum atomic E-state index is -0.214. The maximum Gasteiger partial charge on any atom is 0.166 e. The van der Waals surface area contributed by atoms with Gasteiger partial charge in [-0.2, -0.15) is 0 Å². The Morgan fingerprint density at radius 1 is 1.57 bits per heavy atom. The highest BCUT2D eigenvalue weighted by Gasteiger charge is 2.09. The molecule has 1 aliphatic rings. The summed E-state index contributed by atoms with van der Waals surface area (Å²) < 4.78 is 0. The van der Waals surface area contributed by atoms with Gasteiger partial charge < -0.3 is 0 Å². The van der Waals surface area contributed by atoms with Crippen molar-refractivity contribution in [3.05, 3.63) is 0 Å². The zero-order chi connectivity index (χ0) is 5.11. The molecule has 0 aliphatic carbocycles. The first kappa shape index (κ1) is 5.35. The van der Waals surface area contributed by atoms with Crippen molar-refractivity contribution in [2.75, 3.05) is 6.61 Å². The summed E-state index contributed by atoms with van der Waals surface area (Å²) in [6, 6.07) is 0. The molecule has 0 aromatic carbocycles. The molecule has 7 heavy (non-hydrogen) atoms. The van der Waals surface area contributed by atoms with E-state index in [0.29, 0.717) is 6.61 Å². The first-order chi connectivity index (χ1) is 3.39. The van der Waals surface area contributed by atoms with E-state index in [1.54, 1.807) is 0 Å². The van der Waals surface area contributed by atoms with Crippen molar-refractivity contribution < 1.29 is 9.78 Å². The molecule has 1 rings (SSSR count). The van der Waals surface area contributed by atoms with Gasteiger partial charge in [-0.05, 0) is 12.8 Å². The van der Waals surface area contributed by atoms with Crippen LogP contribution in [0.5, 0.6) is 0 Å². The van der Waals surface area contributed by atoms with Crippen LogP contribution in [0.3, 0.4) is 0 Å². The minimum absolute atomic E-state index is 0.214. The predicted octanol–water partition coefficient (Wildman–Crippen LogP) is 1.29. The highest BCUT2D eigenvalue weighted by molar-refractivity contribution is 6.19. The summed E-state index contributed by atoms with van der Waals surface area (Å²) in [6.45, 7) is 0.684. The monoisotopic (exact) mass is 122 g/mol. The van der Waals surface area contributed by atoms with Gasteiger partial charge in [-0.1, -0.05) is 11.6 Å². The van der Waals surface area contributed by atoms with Gasteiger partial charge in [0, 0.05) is 0 Å². The van der Waals surface area contributed by atoms with Crippen molar-refractivity contribution in [1.29, 1.82) is 0 Å². The lowest BCUT2D eigenvalue weighted by molar-refractivity contribution is -0.325. The van der Waals surface area contributed by atoms with E-state index in [9.17, 15) is 0 Å². The molecule has 1 unspecified atom stereocenters. The highest BCUT2D eigenvalue weighted by atomic mass is 35.5. The van der Waals surface area contributed by atoms with Crippen molar-refractivity contribution in [3.63, 3.8) is 0 Å². The van der Waals surface area contributed by atoms with Gasteiger partial charge in [-0.3, -0.25) is 0 Å². The van der Waals surface area contributed by atoms with E-state index in [0.717, 1.165) is 12.8 Å². The third kappa shape index (κ3) is 1.63. The van der Waals surface area contributed by atoms with E-state index in [1.807, 2.05) is 0 Å². The average molecular weight is 123 g/mol. The van der Waals surface area contributed by atoms with Crippen molar-refractivity contribution in [3.8, 4) is 0 Å². The van der Waals surface area contributed by atoms with Crippen LogP contribution in [-0.2, 0) is 9.78 Å². The average Bonchev–Trinajstić information content (AvgIpc) is 1.69. The van der Waals surface area contributed by atoms with Gasteiger partial charge >= 0.3 is 0 Å². The van der Waals surface area contributed by atoms with Gasteiger partial charge in [0.15, 0.2) is 5.56 Å². The molecule has 1 atom stereocenters. The molecule has 1 saturated heterocycles. The summed E-state index contributed by atoms with van der Waals surface area (Å²) in [5, 5.41) is 0. The zero-order valence-electron chi connectivity index (χ0n) is 3.89. The fourth-order valence-electron chi connectivity index (χ4n) is 0.473. The largest absolute Gasteiger partial charge is 0.235 e. The summed E-state index contributed by atoms with van der Waals surface area (Å²) in [7, 11) is 0. The first-order valence-electron chi connectivity index (χ1n) is 2.32. The van der Waals surface area contributed by atoms with Gasteiger partial charge in [-0.15, -0.1) is 0 Å². The van der Waals surface area contributed by atoms with Gasteiger partial charge in [-0.25, -0.2) is 9.78 Å². The fraction of sp³-hybridized carbons (Fsp3) is 1.00. The predicted molar refractivity (Wildman–Crippen MR) is 25.9 cm³/mol. The van der Waals surface area contributed by atoms with Crippen molar-refractivity contribution in [2.24, 2.45) is 0 Å². The van der Waals surface area contributed by atoms with Gasteiger partial charge in [0.2, 0.25) is 0 Å². The van der Waals surface area contributed by atoms with E-state index in [4.69, 9.17) is 11.6 Å². The van der Waals surface area contributed by atoms with Crippen LogP contribution in [0.25, 0.3) is 0 Å². The maximum absolute atomic E-state index is 5.47. The second kappa shape index (κ2) is 2.50. The molecule has 1 aliphatic heterocycles. The summed E-state index contributed by atoms with van der Waals surface area (Å²) in [4.78, 5) is 9.09. The molecule has 0 spiro atoms. The van der Waals surface area contributed by atoms with Crippen molar-refractivity contribution in [2.45, 2.75) is 18.4 Å². The lowest BCUT2D eigenvalue weighted by Crippen LogP contribution is -2.13. The minimum Gasteiger partial charge on any atom is -0.235 e. The molecule has 1 fully saturated rings. The molecule has 1 heterocycles. The molecule has 0 saturated carbocycles. The van der Waals surface area contributed by atoms with E-state index >= 15 is 0 Å². The van der Waals surface area contributed by atoms with Gasteiger partial charge in [0.25, 0.3) is 0 Å². The Balaban J connectivity index is 2.12. The Morgan fingerprint density at radius 3 is 2.71 bits per heavy atom. The molecule has 0 radical (unpaired) electrons. The number of hydrogen-bond acceptors (Lipinski definition) is 2. The lowest BCUT2D eigenvalue weighted by Gasteiger charge is -2.14. The van der Waals surface area contributed by atoms with Crippen LogP contribution in [-0.4, -0.2) is 12.2 Å². The lowest BCUT2D eigenvalue weighted by atomic mass is 10.3. The summed E-state index contributed by atoms with van der Waals surface area (Å²) in [6.07, 6.45) is 1.91. The van der Waals surface area contributed by atoms with Crippen LogP contribution in [0.15, 0.2) is 0 Å². The second-order valence-electron chi connectivity index (χ2n) is 1.47. The molecular formula is C4H7ClO2. The molecule has 2 nitrogen and oxygen atoms in total. The quantitative estimate of drug-likeness (QED) is 0.356. The van der Waals surface area contributed by atoms with Crippen LogP contribution in [0, 0.1) is 0 Å². The van der Waals surface area contributed by atoms with Gasteiger partial charge in [0.1, 0.15) is 0 Å². The third-order valence-electron chi connectivity index (χ3n) is 0.831. The third-order valence-corrected chi connectivity index (χ3v) is 1.12.